The van der Waals surface area contributed by atoms with E-state index >= 15 is 0 Å². The van der Waals surface area contributed by atoms with E-state index in [0.717, 1.165) is 10.3 Å². The zero-order chi connectivity index (χ0) is 14.0. The molecule has 0 unspecified atom stereocenters. The Morgan fingerprint density at radius 2 is 2.16 bits per heavy atom. The fraction of sp³-hybridized carbons (Fsp3) is 0.250. The third-order valence-corrected chi connectivity index (χ3v) is 3.61. The molecule has 0 amide bonds. The summed E-state index contributed by atoms with van der Waals surface area (Å²) >= 11 is 6.72. The second-order valence-electron chi connectivity index (χ2n) is 3.79. The summed E-state index contributed by atoms with van der Waals surface area (Å²) in [5.41, 5.74) is 1.16. The van der Waals surface area contributed by atoms with E-state index < -0.39 is 5.97 Å². The van der Waals surface area contributed by atoms with Crippen molar-refractivity contribution in [1.29, 1.82) is 0 Å². The van der Waals surface area contributed by atoms with E-state index in [4.69, 9.17) is 4.74 Å². The number of methoxy groups -OCH3 is 1. The Balaban J connectivity index is 2.68. The second-order valence-corrected chi connectivity index (χ2v) is 5.26. The van der Waals surface area contributed by atoms with Crippen LogP contribution < -0.4 is 0 Å². The Kier molecular flexibility index (Phi) is 4.36. The normalized spacial score (nSPS) is 10.5. The number of nitrogens with zero attached hydrogens (tertiary/aromatic N) is 3. The van der Waals surface area contributed by atoms with Gasteiger partial charge in [-0.3, -0.25) is 4.57 Å². The van der Waals surface area contributed by atoms with Crippen LogP contribution in [0.2, 0.25) is 0 Å². The molecule has 5 nitrogen and oxygen atoms in total. The van der Waals surface area contributed by atoms with Crippen LogP contribution in [0.25, 0.3) is 5.69 Å². The zero-order valence-corrected chi connectivity index (χ0v) is 13.5. The molecular weight excluding hydrogens is 378 g/mol. The first-order chi connectivity index (χ1) is 9.08. The summed E-state index contributed by atoms with van der Waals surface area (Å²) in [5, 5.41) is 8.64. The minimum absolute atomic E-state index is 0.398. The Morgan fingerprint density at radius 3 is 2.79 bits per heavy atom. The number of benzene rings is 1. The third-order valence-electron chi connectivity index (χ3n) is 2.62. The molecule has 0 saturated carbocycles. The predicted octanol–water partition coefficient (Wildman–Crippen LogP) is 3.02. The molecule has 0 aliphatic heterocycles. The van der Waals surface area contributed by atoms with E-state index in [1.807, 2.05) is 23.6 Å². The van der Waals surface area contributed by atoms with Crippen molar-refractivity contribution in [2.24, 2.45) is 0 Å². The summed E-state index contributed by atoms with van der Waals surface area (Å²) in [7, 11) is 1.36. The summed E-state index contributed by atoms with van der Waals surface area (Å²) in [6.07, 6.45) is 0. The first kappa shape index (κ1) is 14.2. The fourth-order valence-electron chi connectivity index (χ4n) is 1.78. The van der Waals surface area contributed by atoms with Crippen molar-refractivity contribution in [1.82, 2.24) is 14.8 Å². The Bertz CT molecular complexity index is 625. The number of hydrogen-bond donors (Lipinski definition) is 0. The lowest BCUT2D eigenvalue weighted by Crippen LogP contribution is -2.10. The van der Waals surface area contributed by atoms with E-state index in [0.29, 0.717) is 22.4 Å². The SMILES string of the molecule is COC(=O)c1cc(Br)ccc1-n1c(C)nnc1CBr. The van der Waals surface area contributed by atoms with Crippen LogP contribution in [0.15, 0.2) is 22.7 Å². The maximum Gasteiger partial charge on any atom is 0.340 e. The maximum absolute atomic E-state index is 11.9. The number of ether oxygens (including phenoxy) is 1. The summed E-state index contributed by atoms with van der Waals surface area (Å²) < 4.78 is 7.45. The molecule has 0 aliphatic carbocycles. The quantitative estimate of drug-likeness (QED) is 0.599. The van der Waals surface area contributed by atoms with E-state index in [1.54, 1.807) is 6.07 Å². The molecule has 0 N–H and O–H groups in total. The Hall–Kier alpha value is -1.21. The molecule has 2 aromatic rings. The van der Waals surface area contributed by atoms with Crippen LogP contribution in [0.1, 0.15) is 22.0 Å². The fourth-order valence-corrected chi connectivity index (χ4v) is 2.51. The number of carbonyl (C=O) groups excluding carboxylic acids is 1. The minimum Gasteiger partial charge on any atom is -0.465 e. The highest BCUT2D eigenvalue weighted by Gasteiger charge is 2.18. The first-order valence-electron chi connectivity index (χ1n) is 5.43. The number of alkyl halides is 1. The zero-order valence-electron chi connectivity index (χ0n) is 10.4. The monoisotopic (exact) mass is 387 g/mol. The molecule has 1 aromatic heterocycles. The van der Waals surface area contributed by atoms with Gasteiger partial charge in [-0.2, -0.15) is 0 Å². The van der Waals surface area contributed by atoms with Gasteiger partial charge in [-0.1, -0.05) is 31.9 Å². The lowest BCUT2D eigenvalue weighted by molar-refractivity contribution is 0.0600. The van der Waals surface area contributed by atoms with Crippen molar-refractivity contribution >= 4 is 37.8 Å². The first-order valence-corrected chi connectivity index (χ1v) is 7.35. The lowest BCUT2D eigenvalue weighted by atomic mass is 10.1. The topological polar surface area (TPSA) is 57.0 Å². The molecule has 0 fully saturated rings. The second kappa shape index (κ2) is 5.83. The lowest BCUT2D eigenvalue weighted by Gasteiger charge is -2.12. The summed E-state index contributed by atoms with van der Waals surface area (Å²) in [6, 6.07) is 5.41. The number of esters is 1. The van der Waals surface area contributed by atoms with Crippen LogP contribution in [0.3, 0.4) is 0 Å². The Labute approximate surface area is 127 Å². The molecule has 0 spiro atoms. The number of hydrogen-bond acceptors (Lipinski definition) is 4. The van der Waals surface area contributed by atoms with Gasteiger partial charge < -0.3 is 4.74 Å². The van der Waals surface area contributed by atoms with Gasteiger partial charge in [0.25, 0.3) is 0 Å². The van der Waals surface area contributed by atoms with Gasteiger partial charge in [0.2, 0.25) is 0 Å². The van der Waals surface area contributed by atoms with Crippen LogP contribution in [0, 0.1) is 6.92 Å². The smallest absolute Gasteiger partial charge is 0.340 e. The summed E-state index contributed by atoms with van der Waals surface area (Å²) in [4.78, 5) is 11.9. The highest BCUT2D eigenvalue weighted by molar-refractivity contribution is 9.10. The van der Waals surface area contributed by atoms with Gasteiger partial charge in [-0.15, -0.1) is 10.2 Å². The molecule has 0 saturated heterocycles. The molecule has 0 radical (unpaired) electrons. The minimum atomic E-state index is -0.398. The Morgan fingerprint density at radius 1 is 1.42 bits per heavy atom. The van der Waals surface area contributed by atoms with Gasteiger partial charge in [0.05, 0.1) is 23.7 Å². The number of rotatable bonds is 3. The molecule has 100 valence electrons. The van der Waals surface area contributed by atoms with Crippen molar-refractivity contribution in [2.75, 3.05) is 7.11 Å². The van der Waals surface area contributed by atoms with Gasteiger partial charge in [-0.25, -0.2) is 4.79 Å². The number of halogens is 2. The average molecular weight is 389 g/mol. The number of aromatic nitrogens is 3. The van der Waals surface area contributed by atoms with E-state index in [1.165, 1.54) is 7.11 Å². The summed E-state index contributed by atoms with van der Waals surface area (Å²) in [6.45, 7) is 1.84. The van der Waals surface area contributed by atoms with Crippen LogP contribution in [0.4, 0.5) is 0 Å². The van der Waals surface area contributed by atoms with Crippen molar-refractivity contribution in [3.8, 4) is 5.69 Å². The van der Waals surface area contributed by atoms with E-state index in [2.05, 4.69) is 42.1 Å². The summed E-state index contributed by atoms with van der Waals surface area (Å²) in [5.74, 6) is 1.04. The van der Waals surface area contributed by atoms with Gasteiger partial charge in [-0.05, 0) is 25.1 Å². The molecular formula is C12H11Br2N3O2. The average Bonchev–Trinajstić information content (AvgIpc) is 2.79. The number of aryl methyl sites for hydroxylation is 1. The van der Waals surface area contributed by atoms with Crippen LogP contribution in [-0.4, -0.2) is 27.8 Å². The number of carbonyl (C=O) groups is 1. The molecule has 1 aromatic carbocycles. The van der Waals surface area contributed by atoms with Gasteiger partial charge in [0.1, 0.15) is 11.6 Å². The van der Waals surface area contributed by atoms with Gasteiger partial charge in [0.15, 0.2) is 0 Å². The highest BCUT2D eigenvalue weighted by Crippen LogP contribution is 2.23. The molecule has 0 bridgehead atoms. The van der Waals surface area contributed by atoms with E-state index in [-0.39, 0.29) is 0 Å². The van der Waals surface area contributed by atoms with Crippen LogP contribution in [-0.2, 0) is 10.1 Å². The van der Waals surface area contributed by atoms with Crippen LogP contribution in [0.5, 0.6) is 0 Å². The van der Waals surface area contributed by atoms with E-state index in [9.17, 15) is 4.79 Å². The maximum atomic E-state index is 11.9. The van der Waals surface area contributed by atoms with Gasteiger partial charge >= 0.3 is 5.97 Å². The third kappa shape index (κ3) is 2.71. The molecule has 1 heterocycles. The van der Waals surface area contributed by atoms with Crippen molar-refractivity contribution in [3.05, 3.63) is 39.9 Å². The van der Waals surface area contributed by atoms with Gasteiger partial charge in [0, 0.05) is 4.47 Å². The molecule has 0 aliphatic rings. The van der Waals surface area contributed by atoms with Crippen molar-refractivity contribution < 1.29 is 9.53 Å². The molecule has 0 atom stereocenters. The largest absolute Gasteiger partial charge is 0.465 e. The molecule has 7 heteroatoms. The highest BCUT2D eigenvalue weighted by atomic mass is 79.9. The van der Waals surface area contributed by atoms with Crippen molar-refractivity contribution in [2.45, 2.75) is 12.3 Å². The molecule has 19 heavy (non-hydrogen) atoms. The molecule has 2 rings (SSSR count). The standard InChI is InChI=1S/C12H11Br2N3O2/c1-7-15-16-11(6-13)17(7)10-4-3-8(14)5-9(10)12(18)19-2/h3-5H,6H2,1-2H3. The van der Waals surface area contributed by atoms with Crippen molar-refractivity contribution in [3.63, 3.8) is 0 Å². The predicted molar refractivity (Wildman–Crippen MR) is 77.8 cm³/mol. The van der Waals surface area contributed by atoms with Crippen LogP contribution >= 0.6 is 31.9 Å².